The number of hydrogen-bond donors (Lipinski definition) is 2. The molecule has 2 aromatic carbocycles. The van der Waals surface area contributed by atoms with E-state index in [-0.39, 0.29) is 6.16 Å². The van der Waals surface area contributed by atoms with Crippen molar-refractivity contribution in [3.05, 3.63) is 75.8 Å². The van der Waals surface area contributed by atoms with E-state index in [2.05, 4.69) is 5.32 Å². The highest BCUT2D eigenvalue weighted by molar-refractivity contribution is 7.38. The fraction of sp³-hybridized carbons (Fsp3) is 0.105. The molecule has 1 amide bonds. The predicted molar refractivity (Wildman–Crippen MR) is 109 cm³/mol. The van der Waals surface area contributed by atoms with Gasteiger partial charge in [0.1, 0.15) is 0 Å². The van der Waals surface area contributed by atoms with E-state index in [1.807, 2.05) is 6.07 Å². The largest absolute Gasteiger partial charge is 0.346 e. The molecule has 0 aliphatic heterocycles. The molecule has 1 heterocycles. The van der Waals surface area contributed by atoms with Gasteiger partial charge >= 0.3 is 0 Å². The zero-order chi connectivity index (χ0) is 20.3. The van der Waals surface area contributed by atoms with Crippen molar-refractivity contribution in [2.24, 2.45) is 0 Å². The van der Waals surface area contributed by atoms with Crippen LogP contribution >= 0.6 is 31.0 Å². The van der Waals surface area contributed by atoms with E-state index < -0.39 is 31.5 Å². The van der Waals surface area contributed by atoms with Crippen LogP contribution in [0, 0.1) is 11.6 Å². The summed E-state index contributed by atoms with van der Waals surface area (Å²) in [7, 11) is -2.92. The molecule has 0 spiro atoms. The summed E-state index contributed by atoms with van der Waals surface area (Å²) in [6.07, 6.45) is 2.48. The number of hydrogen-bond acceptors (Lipinski definition) is 3. The molecule has 3 aromatic rings. The first-order chi connectivity index (χ1) is 13.3. The number of thiophene rings is 1. The van der Waals surface area contributed by atoms with Crippen LogP contribution in [0.2, 0.25) is 5.02 Å². The van der Waals surface area contributed by atoms with Crippen molar-refractivity contribution in [2.75, 3.05) is 6.16 Å². The SMILES string of the molecule is O=C(N/C=C/c1ccc(F)c(F)c1)C(C[PH](=O)O)c1csc2ccc(Cl)cc12. The van der Waals surface area contributed by atoms with Gasteiger partial charge in [-0.3, -0.25) is 9.36 Å². The van der Waals surface area contributed by atoms with Gasteiger partial charge in [-0.1, -0.05) is 17.7 Å². The summed E-state index contributed by atoms with van der Waals surface area (Å²) in [5, 5.41) is 5.57. The van der Waals surface area contributed by atoms with Gasteiger partial charge in [-0.05, 0) is 58.3 Å². The van der Waals surface area contributed by atoms with Gasteiger partial charge in [-0.2, -0.15) is 0 Å². The average molecular weight is 442 g/mol. The molecule has 2 atom stereocenters. The molecule has 9 heteroatoms. The third-order valence-corrected chi connectivity index (χ3v) is 6.06. The highest BCUT2D eigenvalue weighted by Crippen LogP contribution is 2.36. The topological polar surface area (TPSA) is 66.4 Å². The third-order valence-electron chi connectivity index (χ3n) is 4.08. The smallest absolute Gasteiger partial charge is 0.232 e. The second kappa shape index (κ2) is 8.97. The van der Waals surface area contributed by atoms with E-state index in [9.17, 15) is 23.0 Å². The van der Waals surface area contributed by atoms with Gasteiger partial charge in [0.15, 0.2) is 19.7 Å². The summed E-state index contributed by atoms with van der Waals surface area (Å²) in [5.41, 5.74) is 0.980. The zero-order valence-electron chi connectivity index (χ0n) is 14.3. The first-order valence-corrected chi connectivity index (χ1v) is 11.0. The molecule has 4 nitrogen and oxygen atoms in total. The van der Waals surface area contributed by atoms with Crippen molar-refractivity contribution in [2.45, 2.75) is 5.92 Å². The van der Waals surface area contributed by atoms with Gasteiger partial charge in [0, 0.05) is 22.1 Å². The maximum atomic E-state index is 13.2. The molecular weight excluding hydrogens is 427 g/mol. The molecule has 0 fully saturated rings. The van der Waals surface area contributed by atoms with Crippen molar-refractivity contribution in [3.63, 3.8) is 0 Å². The fourth-order valence-corrected chi connectivity index (χ4v) is 4.67. The lowest BCUT2D eigenvalue weighted by Crippen LogP contribution is -2.26. The van der Waals surface area contributed by atoms with Crippen LogP contribution in [0.5, 0.6) is 0 Å². The van der Waals surface area contributed by atoms with Gasteiger partial charge in [-0.25, -0.2) is 8.78 Å². The molecule has 146 valence electrons. The Balaban J connectivity index is 1.83. The first kappa shape index (κ1) is 20.7. The highest BCUT2D eigenvalue weighted by atomic mass is 35.5. The molecule has 0 aliphatic carbocycles. The quantitative estimate of drug-likeness (QED) is 0.518. The number of rotatable bonds is 6. The van der Waals surface area contributed by atoms with E-state index in [1.54, 1.807) is 17.5 Å². The molecule has 2 unspecified atom stereocenters. The number of halogens is 3. The molecule has 1 aromatic heterocycles. The van der Waals surface area contributed by atoms with Crippen LogP contribution in [-0.2, 0) is 9.36 Å². The summed E-state index contributed by atoms with van der Waals surface area (Å²) >= 11 is 7.46. The molecule has 3 rings (SSSR count). The van der Waals surface area contributed by atoms with Gasteiger partial charge in [-0.15, -0.1) is 11.3 Å². The van der Waals surface area contributed by atoms with E-state index >= 15 is 0 Å². The van der Waals surface area contributed by atoms with Crippen molar-refractivity contribution >= 4 is 53.0 Å². The molecule has 2 N–H and O–H groups in total. The van der Waals surface area contributed by atoms with E-state index in [4.69, 9.17) is 11.6 Å². The van der Waals surface area contributed by atoms with Crippen molar-refractivity contribution in [1.29, 1.82) is 0 Å². The maximum absolute atomic E-state index is 13.2. The fourth-order valence-electron chi connectivity index (χ4n) is 2.75. The number of carbonyl (C=O) groups is 1. The highest BCUT2D eigenvalue weighted by Gasteiger charge is 2.25. The van der Waals surface area contributed by atoms with Crippen LogP contribution < -0.4 is 5.32 Å². The minimum atomic E-state index is -2.92. The first-order valence-electron chi connectivity index (χ1n) is 8.15. The van der Waals surface area contributed by atoms with Crippen LogP contribution in [0.25, 0.3) is 16.2 Å². The minimum Gasteiger partial charge on any atom is -0.346 e. The van der Waals surface area contributed by atoms with Crippen molar-refractivity contribution in [3.8, 4) is 0 Å². The monoisotopic (exact) mass is 441 g/mol. The second-order valence-corrected chi connectivity index (χ2v) is 8.54. The Morgan fingerprint density at radius 1 is 1.25 bits per heavy atom. The Morgan fingerprint density at radius 2 is 2.04 bits per heavy atom. The lowest BCUT2D eigenvalue weighted by Gasteiger charge is -2.14. The van der Waals surface area contributed by atoms with Crippen LogP contribution in [0.4, 0.5) is 8.78 Å². The predicted octanol–water partition coefficient (Wildman–Crippen LogP) is 5.17. The molecule has 0 bridgehead atoms. The number of nitrogens with one attached hydrogen (secondary N) is 1. The normalized spacial score (nSPS) is 13.7. The van der Waals surface area contributed by atoms with E-state index in [0.29, 0.717) is 16.1 Å². The Morgan fingerprint density at radius 3 is 2.75 bits per heavy atom. The number of carbonyl (C=O) groups excluding carboxylic acids is 1. The van der Waals surface area contributed by atoms with E-state index in [1.165, 1.54) is 29.7 Å². The molecular formula is C19H15ClF2NO3PS. The average Bonchev–Trinajstić information content (AvgIpc) is 3.05. The molecule has 0 saturated carbocycles. The minimum absolute atomic E-state index is 0.214. The van der Waals surface area contributed by atoms with Crippen molar-refractivity contribution < 1.29 is 23.0 Å². The zero-order valence-corrected chi connectivity index (χ0v) is 16.9. The van der Waals surface area contributed by atoms with E-state index in [0.717, 1.165) is 22.2 Å². The molecule has 28 heavy (non-hydrogen) atoms. The number of amides is 1. The summed E-state index contributed by atoms with van der Waals surface area (Å²) in [5.74, 6) is -3.28. The summed E-state index contributed by atoms with van der Waals surface area (Å²) < 4.78 is 38.6. The molecule has 0 radical (unpaired) electrons. The third kappa shape index (κ3) is 4.86. The van der Waals surface area contributed by atoms with Gasteiger partial charge in [0.05, 0.1) is 5.92 Å². The van der Waals surface area contributed by atoms with Gasteiger partial charge in [0.2, 0.25) is 5.91 Å². The van der Waals surface area contributed by atoms with Crippen LogP contribution in [0.15, 0.2) is 48.0 Å². The number of fused-ring (bicyclic) bond motifs is 1. The Kier molecular flexibility index (Phi) is 6.62. The number of benzene rings is 2. The molecule has 0 saturated heterocycles. The van der Waals surface area contributed by atoms with Crippen LogP contribution in [-0.4, -0.2) is 17.0 Å². The van der Waals surface area contributed by atoms with Gasteiger partial charge < -0.3 is 10.2 Å². The Hall–Kier alpha value is -2.05. The Bertz CT molecular complexity index is 1090. The standard InChI is InChI=1S/C19H15ClF2NO3PS/c20-12-2-4-18-13(8-12)15(10-28-18)14(9-27(25)26)19(24)23-6-5-11-1-3-16(21)17(22)7-11/h1-8,10,14,27H,9H2,(H,23,24)(H,25,26)/b6-5+. The molecule has 0 aliphatic rings. The lowest BCUT2D eigenvalue weighted by molar-refractivity contribution is -0.121. The van der Waals surface area contributed by atoms with Crippen molar-refractivity contribution in [1.82, 2.24) is 5.32 Å². The summed E-state index contributed by atoms with van der Waals surface area (Å²) in [6, 6.07) is 8.62. The second-order valence-electron chi connectivity index (χ2n) is 6.00. The Labute approximate surface area is 169 Å². The maximum Gasteiger partial charge on any atom is 0.232 e. The lowest BCUT2D eigenvalue weighted by atomic mass is 9.99. The summed E-state index contributed by atoms with van der Waals surface area (Å²) in [4.78, 5) is 22.1. The van der Waals surface area contributed by atoms with Crippen LogP contribution in [0.1, 0.15) is 17.0 Å². The van der Waals surface area contributed by atoms with Crippen LogP contribution in [0.3, 0.4) is 0 Å². The van der Waals surface area contributed by atoms with Gasteiger partial charge in [0.25, 0.3) is 0 Å². The summed E-state index contributed by atoms with van der Waals surface area (Å²) in [6.45, 7) is 0.